The normalized spacial score (nSPS) is 12.9. The van der Waals surface area contributed by atoms with Crippen LogP contribution in [0.2, 0.25) is 0 Å². The Hall–Kier alpha value is -2.19. The zero-order valence-corrected chi connectivity index (χ0v) is 12.2. The number of nitrogens with two attached hydrogens (primary N) is 1. The van der Waals surface area contributed by atoms with Crippen molar-refractivity contribution in [1.29, 1.82) is 0 Å². The van der Waals surface area contributed by atoms with E-state index in [-0.39, 0.29) is 17.3 Å². The minimum atomic E-state index is -3.74. The van der Waals surface area contributed by atoms with Crippen LogP contribution in [0.3, 0.4) is 0 Å². The number of nitrogens with one attached hydrogen (secondary N) is 1. The molecule has 0 spiro atoms. The number of hydrogen-bond acceptors (Lipinski definition) is 4. The van der Waals surface area contributed by atoms with Crippen molar-refractivity contribution in [1.82, 2.24) is 15.1 Å². The summed E-state index contributed by atoms with van der Waals surface area (Å²) in [5.41, 5.74) is 0.655. The summed E-state index contributed by atoms with van der Waals surface area (Å²) in [5.74, 6) is -0.209. The van der Waals surface area contributed by atoms with Crippen LogP contribution in [0.4, 0.5) is 0 Å². The summed E-state index contributed by atoms with van der Waals surface area (Å²) in [5, 5.41) is 11.8. The number of carbonyl (C=O) groups is 1. The summed E-state index contributed by atoms with van der Waals surface area (Å²) in [7, 11) is -3.74. The highest BCUT2D eigenvalue weighted by atomic mass is 32.2. The molecule has 1 aromatic carbocycles. The van der Waals surface area contributed by atoms with E-state index in [9.17, 15) is 13.2 Å². The highest BCUT2D eigenvalue weighted by Crippen LogP contribution is 2.10. The second-order valence-corrected chi connectivity index (χ2v) is 6.13. The van der Waals surface area contributed by atoms with Crippen molar-refractivity contribution in [3.8, 4) is 0 Å². The van der Waals surface area contributed by atoms with E-state index in [4.69, 9.17) is 5.14 Å². The van der Waals surface area contributed by atoms with Gasteiger partial charge in [0.05, 0.1) is 4.90 Å². The van der Waals surface area contributed by atoms with Crippen molar-refractivity contribution in [3.05, 3.63) is 48.3 Å². The molecular formula is C13H16N4O3S. The number of hydrogen-bond donors (Lipinski definition) is 2. The zero-order chi connectivity index (χ0) is 15.5. The van der Waals surface area contributed by atoms with Gasteiger partial charge in [0.2, 0.25) is 15.9 Å². The fraction of sp³-hybridized carbons (Fsp3) is 0.231. The number of amides is 1. The molecule has 0 aliphatic rings. The topological polar surface area (TPSA) is 107 Å². The lowest BCUT2D eigenvalue weighted by molar-refractivity contribution is -0.124. The van der Waals surface area contributed by atoms with Crippen LogP contribution >= 0.6 is 0 Å². The second-order valence-electron chi connectivity index (χ2n) is 4.57. The molecule has 3 N–H and O–H groups in total. The Morgan fingerprint density at radius 3 is 2.81 bits per heavy atom. The Labute approximate surface area is 122 Å². The van der Waals surface area contributed by atoms with E-state index in [1.165, 1.54) is 16.8 Å². The van der Waals surface area contributed by atoms with Gasteiger partial charge in [0.15, 0.2) is 0 Å². The summed E-state index contributed by atoms with van der Waals surface area (Å²) in [6.45, 7) is 1.94. The average Bonchev–Trinajstić information content (AvgIpc) is 2.97. The van der Waals surface area contributed by atoms with Crippen LogP contribution in [-0.2, 0) is 21.4 Å². The third-order valence-electron chi connectivity index (χ3n) is 2.99. The minimum absolute atomic E-state index is 0.0226. The van der Waals surface area contributed by atoms with Crippen LogP contribution < -0.4 is 10.5 Å². The first kappa shape index (κ1) is 15.2. The molecule has 0 aliphatic carbocycles. The molecule has 1 aromatic heterocycles. The number of benzene rings is 1. The van der Waals surface area contributed by atoms with Gasteiger partial charge in [-0.3, -0.25) is 9.48 Å². The Morgan fingerprint density at radius 2 is 2.19 bits per heavy atom. The van der Waals surface area contributed by atoms with Crippen molar-refractivity contribution < 1.29 is 13.2 Å². The molecule has 7 nitrogen and oxygen atoms in total. The number of primary sulfonamides is 1. The predicted octanol–water partition coefficient (Wildman–Crippen LogP) is 0.408. The monoisotopic (exact) mass is 308 g/mol. The zero-order valence-electron chi connectivity index (χ0n) is 11.4. The minimum Gasteiger partial charge on any atom is -0.350 e. The summed E-state index contributed by atoms with van der Waals surface area (Å²) in [6, 6.07) is 7.44. The molecule has 2 rings (SSSR count). The van der Waals surface area contributed by atoms with Crippen LogP contribution in [-0.4, -0.2) is 24.1 Å². The van der Waals surface area contributed by atoms with Crippen LogP contribution in [0.15, 0.2) is 47.6 Å². The van der Waals surface area contributed by atoms with Crippen molar-refractivity contribution in [2.24, 2.45) is 5.14 Å². The molecule has 2 aromatic rings. The molecule has 8 heteroatoms. The van der Waals surface area contributed by atoms with Gasteiger partial charge < -0.3 is 5.32 Å². The number of sulfonamides is 1. The number of rotatable bonds is 5. The molecule has 21 heavy (non-hydrogen) atoms. The van der Waals surface area contributed by atoms with Gasteiger partial charge in [-0.25, -0.2) is 13.6 Å². The number of carbonyl (C=O) groups excluding carboxylic acids is 1. The first-order chi connectivity index (χ1) is 9.88. The van der Waals surface area contributed by atoms with Gasteiger partial charge >= 0.3 is 0 Å². The van der Waals surface area contributed by atoms with Gasteiger partial charge in [-0.1, -0.05) is 12.1 Å². The lowest BCUT2D eigenvalue weighted by Crippen LogP contribution is -2.30. The summed E-state index contributed by atoms with van der Waals surface area (Å²) < 4.78 is 24.1. The molecular weight excluding hydrogens is 292 g/mol. The maximum atomic E-state index is 12.0. The first-order valence-electron chi connectivity index (χ1n) is 6.26. The van der Waals surface area contributed by atoms with Gasteiger partial charge in [0.25, 0.3) is 0 Å². The molecule has 1 heterocycles. The van der Waals surface area contributed by atoms with Gasteiger partial charge in [-0.05, 0) is 30.7 Å². The van der Waals surface area contributed by atoms with Gasteiger partial charge in [-0.15, -0.1) is 0 Å². The Balaban J connectivity index is 2.02. The Kier molecular flexibility index (Phi) is 4.39. The third-order valence-corrected chi connectivity index (χ3v) is 3.91. The third kappa shape index (κ3) is 3.89. The highest BCUT2D eigenvalue weighted by Gasteiger charge is 2.14. The fourth-order valence-electron chi connectivity index (χ4n) is 1.80. The molecule has 0 fully saturated rings. The smallest absolute Gasteiger partial charge is 0.244 e. The van der Waals surface area contributed by atoms with E-state index in [1.54, 1.807) is 37.5 Å². The standard InChI is InChI=1S/C13H16N4O3S/c1-10(17-7-3-6-16-17)13(18)15-9-11-4-2-5-12(8-11)21(14,19)20/h2-8,10H,9H2,1H3,(H,15,18)(H2,14,19,20). The van der Waals surface area contributed by atoms with E-state index < -0.39 is 16.1 Å². The average molecular weight is 308 g/mol. The molecule has 0 saturated carbocycles. The molecule has 1 atom stereocenters. The molecule has 112 valence electrons. The molecule has 0 radical (unpaired) electrons. The first-order valence-corrected chi connectivity index (χ1v) is 7.81. The molecule has 0 bridgehead atoms. The number of nitrogens with zero attached hydrogens (tertiary/aromatic N) is 2. The van der Waals surface area contributed by atoms with Gasteiger partial charge in [0, 0.05) is 18.9 Å². The molecule has 1 unspecified atom stereocenters. The van der Waals surface area contributed by atoms with E-state index in [1.807, 2.05) is 0 Å². The van der Waals surface area contributed by atoms with E-state index in [0.29, 0.717) is 5.56 Å². The predicted molar refractivity (Wildman–Crippen MR) is 76.6 cm³/mol. The maximum Gasteiger partial charge on any atom is 0.244 e. The van der Waals surface area contributed by atoms with Crippen molar-refractivity contribution >= 4 is 15.9 Å². The van der Waals surface area contributed by atoms with E-state index in [0.717, 1.165) is 0 Å². The largest absolute Gasteiger partial charge is 0.350 e. The van der Waals surface area contributed by atoms with Crippen LogP contribution in [0, 0.1) is 0 Å². The summed E-state index contributed by atoms with van der Waals surface area (Å²) in [4.78, 5) is 12.0. The second kappa shape index (κ2) is 6.06. The van der Waals surface area contributed by atoms with Crippen molar-refractivity contribution in [3.63, 3.8) is 0 Å². The maximum absolute atomic E-state index is 12.0. The lowest BCUT2D eigenvalue weighted by atomic mass is 10.2. The molecule has 0 saturated heterocycles. The van der Waals surface area contributed by atoms with Gasteiger partial charge in [-0.2, -0.15) is 5.10 Å². The number of aromatic nitrogens is 2. The van der Waals surface area contributed by atoms with Crippen molar-refractivity contribution in [2.75, 3.05) is 0 Å². The molecule has 0 aliphatic heterocycles. The van der Waals surface area contributed by atoms with E-state index >= 15 is 0 Å². The lowest BCUT2D eigenvalue weighted by Gasteiger charge is -2.13. The summed E-state index contributed by atoms with van der Waals surface area (Å²) >= 11 is 0. The van der Waals surface area contributed by atoms with Crippen LogP contribution in [0.5, 0.6) is 0 Å². The van der Waals surface area contributed by atoms with E-state index in [2.05, 4.69) is 10.4 Å². The quantitative estimate of drug-likeness (QED) is 0.834. The molecule has 1 amide bonds. The SMILES string of the molecule is CC(C(=O)NCc1cccc(S(N)(=O)=O)c1)n1cccn1. The van der Waals surface area contributed by atoms with Crippen LogP contribution in [0.25, 0.3) is 0 Å². The summed E-state index contributed by atoms with van der Waals surface area (Å²) in [6.07, 6.45) is 3.30. The Bertz CT molecular complexity index is 726. The van der Waals surface area contributed by atoms with Gasteiger partial charge in [0.1, 0.15) is 6.04 Å². The van der Waals surface area contributed by atoms with Crippen molar-refractivity contribution in [2.45, 2.75) is 24.4 Å². The highest BCUT2D eigenvalue weighted by molar-refractivity contribution is 7.89. The Morgan fingerprint density at radius 1 is 1.43 bits per heavy atom. The van der Waals surface area contributed by atoms with Crippen LogP contribution in [0.1, 0.15) is 18.5 Å². The fourth-order valence-corrected chi connectivity index (χ4v) is 2.38.